The van der Waals surface area contributed by atoms with Gasteiger partial charge in [0.1, 0.15) is 19.0 Å². The topological polar surface area (TPSA) is 56.8 Å². The van der Waals surface area contributed by atoms with Gasteiger partial charge in [-0.3, -0.25) is 4.79 Å². The highest BCUT2D eigenvalue weighted by molar-refractivity contribution is 5.78. The van der Waals surface area contributed by atoms with Crippen molar-refractivity contribution in [3.8, 4) is 17.2 Å². The highest BCUT2D eigenvalue weighted by atomic mass is 19.4. The van der Waals surface area contributed by atoms with E-state index in [9.17, 15) is 18.0 Å². The van der Waals surface area contributed by atoms with Crippen molar-refractivity contribution in [2.75, 3.05) is 19.8 Å². The maximum atomic E-state index is 12.7. The van der Waals surface area contributed by atoms with Crippen molar-refractivity contribution >= 4 is 5.91 Å². The lowest BCUT2D eigenvalue weighted by Crippen LogP contribution is -2.31. The van der Waals surface area contributed by atoms with Gasteiger partial charge in [-0.25, -0.2) is 0 Å². The van der Waals surface area contributed by atoms with Crippen LogP contribution in [0.2, 0.25) is 0 Å². The van der Waals surface area contributed by atoms with Crippen molar-refractivity contribution < 1.29 is 32.2 Å². The molecule has 0 aliphatic carbocycles. The molecule has 1 aliphatic rings. The number of nitrogens with one attached hydrogen (secondary N) is 1. The number of ether oxygens (including phenoxy) is 3. The van der Waals surface area contributed by atoms with E-state index in [1.807, 2.05) is 6.07 Å². The Labute approximate surface area is 154 Å². The summed E-state index contributed by atoms with van der Waals surface area (Å²) in [6, 6.07) is 9.43. The molecule has 5 nitrogen and oxygen atoms in total. The molecule has 2 aromatic rings. The maximum absolute atomic E-state index is 12.7. The molecule has 0 aromatic heterocycles. The standard InChI is InChI=1S/C19H18F3NO4/c1-12(13-5-6-16-17(9-13)26-8-7-25-16)23-18(24)11-27-15-4-2-3-14(10-15)19(20,21)22/h2-6,9-10,12H,7-8,11H2,1H3,(H,23,24)/t12-/m0/s1. The Hall–Kier alpha value is -2.90. The van der Waals surface area contributed by atoms with Crippen LogP contribution >= 0.6 is 0 Å². The lowest BCUT2D eigenvalue weighted by molar-refractivity contribution is -0.137. The first-order chi connectivity index (χ1) is 12.8. The minimum Gasteiger partial charge on any atom is -0.486 e. The summed E-state index contributed by atoms with van der Waals surface area (Å²) < 4.78 is 54.2. The molecule has 1 amide bonds. The first-order valence-corrected chi connectivity index (χ1v) is 8.32. The Bertz CT molecular complexity index is 823. The van der Waals surface area contributed by atoms with Crippen LogP contribution in [0.4, 0.5) is 13.2 Å². The molecular weight excluding hydrogens is 363 g/mol. The van der Waals surface area contributed by atoms with Crippen LogP contribution in [0.3, 0.4) is 0 Å². The Morgan fingerprint density at radius 3 is 2.63 bits per heavy atom. The number of carbonyl (C=O) groups excluding carboxylic acids is 1. The Morgan fingerprint density at radius 2 is 1.89 bits per heavy atom. The van der Waals surface area contributed by atoms with Gasteiger partial charge in [-0.05, 0) is 42.8 Å². The predicted molar refractivity (Wildman–Crippen MR) is 90.9 cm³/mol. The van der Waals surface area contributed by atoms with Crippen molar-refractivity contribution in [3.05, 3.63) is 53.6 Å². The molecule has 0 bridgehead atoms. The molecule has 0 unspecified atom stereocenters. The lowest BCUT2D eigenvalue weighted by Gasteiger charge is -2.21. The van der Waals surface area contributed by atoms with Crippen molar-refractivity contribution in [1.29, 1.82) is 0 Å². The molecular formula is C19H18F3NO4. The molecule has 27 heavy (non-hydrogen) atoms. The first-order valence-electron chi connectivity index (χ1n) is 8.32. The summed E-state index contributed by atoms with van der Waals surface area (Å²) >= 11 is 0. The monoisotopic (exact) mass is 381 g/mol. The van der Waals surface area contributed by atoms with Crippen LogP contribution < -0.4 is 19.5 Å². The Balaban J connectivity index is 1.56. The number of hydrogen-bond donors (Lipinski definition) is 1. The van der Waals surface area contributed by atoms with Gasteiger partial charge >= 0.3 is 6.18 Å². The van der Waals surface area contributed by atoms with Gasteiger partial charge < -0.3 is 19.5 Å². The van der Waals surface area contributed by atoms with Crippen LogP contribution in [0.1, 0.15) is 24.1 Å². The summed E-state index contributed by atoms with van der Waals surface area (Å²) in [5.41, 5.74) is -0.0169. The molecule has 3 rings (SSSR count). The lowest BCUT2D eigenvalue weighted by atomic mass is 10.1. The van der Waals surface area contributed by atoms with E-state index in [4.69, 9.17) is 14.2 Å². The van der Waals surface area contributed by atoms with Crippen LogP contribution in [-0.4, -0.2) is 25.7 Å². The van der Waals surface area contributed by atoms with E-state index in [2.05, 4.69) is 5.32 Å². The van der Waals surface area contributed by atoms with E-state index in [1.54, 1.807) is 19.1 Å². The number of amides is 1. The van der Waals surface area contributed by atoms with E-state index >= 15 is 0 Å². The van der Waals surface area contributed by atoms with Crippen molar-refractivity contribution in [2.45, 2.75) is 19.1 Å². The number of halogens is 3. The van der Waals surface area contributed by atoms with Crippen LogP contribution in [0, 0.1) is 0 Å². The van der Waals surface area contributed by atoms with Crippen LogP contribution in [-0.2, 0) is 11.0 Å². The number of hydrogen-bond acceptors (Lipinski definition) is 4. The van der Waals surface area contributed by atoms with Gasteiger partial charge in [0, 0.05) is 0 Å². The molecule has 8 heteroatoms. The quantitative estimate of drug-likeness (QED) is 0.858. The minimum absolute atomic E-state index is 0.0213. The number of carbonyl (C=O) groups is 1. The van der Waals surface area contributed by atoms with Crippen LogP contribution in [0.25, 0.3) is 0 Å². The summed E-state index contributed by atoms with van der Waals surface area (Å²) in [5, 5.41) is 2.74. The second-order valence-electron chi connectivity index (χ2n) is 6.01. The largest absolute Gasteiger partial charge is 0.486 e. The average Bonchev–Trinajstić information content (AvgIpc) is 2.65. The SMILES string of the molecule is C[C@H](NC(=O)COc1cccc(C(F)(F)F)c1)c1ccc2c(c1)OCCO2. The Morgan fingerprint density at radius 1 is 1.15 bits per heavy atom. The molecule has 144 valence electrons. The summed E-state index contributed by atoms with van der Waals surface area (Å²) in [6.45, 7) is 2.34. The van der Waals surface area contributed by atoms with E-state index in [1.165, 1.54) is 12.1 Å². The van der Waals surface area contributed by atoms with Crippen molar-refractivity contribution in [2.24, 2.45) is 0 Å². The molecule has 0 saturated carbocycles. The zero-order valence-electron chi connectivity index (χ0n) is 14.5. The third kappa shape index (κ3) is 4.84. The highest BCUT2D eigenvalue weighted by Gasteiger charge is 2.30. The Kier molecular flexibility index (Phi) is 5.43. The number of rotatable bonds is 5. The van der Waals surface area contributed by atoms with Gasteiger partial charge in [0.25, 0.3) is 5.91 Å². The summed E-state index contributed by atoms with van der Waals surface area (Å²) in [4.78, 5) is 12.1. The molecule has 0 radical (unpaired) electrons. The molecule has 1 aliphatic heterocycles. The molecule has 1 N–H and O–H groups in total. The molecule has 0 spiro atoms. The fourth-order valence-corrected chi connectivity index (χ4v) is 2.61. The first kappa shape index (κ1) is 18.9. The van der Waals surface area contributed by atoms with Crippen molar-refractivity contribution in [1.82, 2.24) is 5.32 Å². The van der Waals surface area contributed by atoms with Gasteiger partial charge in [-0.15, -0.1) is 0 Å². The smallest absolute Gasteiger partial charge is 0.416 e. The second kappa shape index (κ2) is 7.77. The van der Waals surface area contributed by atoms with E-state index < -0.39 is 24.3 Å². The molecule has 0 fully saturated rings. The van der Waals surface area contributed by atoms with Crippen LogP contribution in [0.15, 0.2) is 42.5 Å². The predicted octanol–water partition coefficient (Wildman–Crippen LogP) is 3.73. The summed E-state index contributed by atoms with van der Waals surface area (Å²) in [6.07, 6.45) is -4.46. The number of fused-ring (bicyclic) bond motifs is 1. The van der Waals surface area contributed by atoms with E-state index in [-0.39, 0.29) is 11.8 Å². The zero-order valence-corrected chi connectivity index (χ0v) is 14.5. The normalized spacial score (nSPS) is 14.4. The van der Waals surface area contributed by atoms with Crippen molar-refractivity contribution in [3.63, 3.8) is 0 Å². The summed E-state index contributed by atoms with van der Waals surface area (Å²) in [7, 11) is 0. The van der Waals surface area contributed by atoms with E-state index in [0.29, 0.717) is 24.7 Å². The van der Waals surface area contributed by atoms with Gasteiger partial charge in [0.2, 0.25) is 0 Å². The number of benzene rings is 2. The zero-order chi connectivity index (χ0) is 19.4. The summed E-state index contributed by atoms with van der Waals surface area (Å²) in [5.74, 6) is 0.790. The van der Waals surface area contributed by atoms with Crippen LogP contribution in [0.5, 0.6) is 17.2 Å². The molecule has 2 aromatic carbocycles. The molecule has 1 atom stereocenters. The second-order valence-corrected chi connectivity index (χ2v) is 6.01. The van der Waals surface area contributed by atoms with E-state index in [0.717, 1.165) is 17.7 Å². The average molecular weight is 381 g/mol. The minimum atomic E-state index is -4.46. The van der Waals surface area contributed by atoms with Gasteiger partial charge in [0.05, 0.1) is 11.6 Å². The fraction of sp³-hybridized carbons (Fsp3) is 0.316. The fourth-order valence-electron chi connectivity index (χ4n) is 2.61. The maximum Gasteiger partial charge on any atom is 0.416 e. The molecule has 0 saturated heterocycles. The third-order valence-electron chi connectivity index (χ3n) is 3.98. The van der Waals surface area contributed by atoms with Gasteiger partial charge in [0.15, 0.2) is 18.1 Å². The highest BCUT2D eigenvalue weighted by Crippen LogP contribution is 2.33. The van der Waals surface area contributed by atoms with Gasteiger partial charge in [-0.2, -0.15) is 13.2 Å². The van der Waals surface area contributed by atoms with Gasteiger partial charge in [-0.1, -0.05) is 12.1 Å². The number of alkyl halides is 3. The molecule has 1 heterocycles. The third-order valence-corrected chi connectivity index (χ3v) is 3.98.